The van der Waals surface area contributed by atoms with E-state index in [4.69, 9.17) is 10.2 Å². The minimum Gasteiger partial charge on any atom is -0.448 e. The van der Waals surface area contributed by atoms with Crippen molar-refractivity contribution >= 4 is 5.82 Å². The summed E-state index contributed by atoms with van der Waals surface area (Å²) in [6.07, 6.45) is 2.23. The van der Waals surface area contributed by atoms with Gasteiger partial charge in [0.25, 0.3) is 0 Å². The Labute approximate surface area is 87.1 Å². The number of nitrogens with zero attached hydrogens (tertiary/aromatic N) is 4. The van der Waals surface area contributed by atoms with E-state index in [0.29, 0.717) is 12.4 Å². The van der Waals surface area contributed by atoms with Gasteiger partial charge in [-0.05, 0) is 13.3 Å². The summed E-state index contributed by atoms with van der Waals surface area (Å²) < 4.78 is 6.86. The molecular weight excluding hydrogens is 194 g/mol. The second-order valence-corrected chi connectivity index (χ2v) is 3.29. The van der Waals surface area contributed by atoms with Gasteiger partial charge in [-0.1, -0.05) is 12.1 Å². The molecule has 6 nitrogen and oxygen atoms in total. The van der Waals surface area contributed by atoms with Crippen LogP contribution in [0.4, 0.5) is 5.82 Å². The van der Waals surface area contributed by atoms with Crippen LogP contribution in [0.2, 0.25) is 0 Å². The van der Waals surface area contributed by atoms with Crippen molar-refractivity contribution in [3.05, 3.63) is 23.5 Å². The van der Waals surface area contributed by atoms with Crippen LogP contribution in [0.15, 0.2) is 10.8 Å². The van der Waals surface area contributed by atoms with E-state index in [1.54, 1.807) is 4.68 Å². The van der Waals surface area contributed by atoms with Crippen molar-refractivity contribution in [1.29, 1.82) is 0 Å². The highest BCUT2D eigenvalue weighted by Crippen LogP contribution is 2.12. The number of hydrogen-bond donors (Lipinski definition) is 1. The molecule has 80 valence electrons. The van der Waals surface area contributed by atoms with Crippen LogP contribution in [0.5, 0.6) is 0 Å². The highest BCUT2D eigenvalue weighted by atomic mass is 16.3. The van der Waals surface area contributed by atoms with Gasteiger partial charge in [0.05, 0.1) is 12.2 Å². The lowest BCUT2D eigenvalue weighted by Gasteiger charge is -2.02. The number of anilines is 1. The predicted molar refractivity (Wildman–Crippen MR) is 54.2 cm³/mol. The van der Waals surface area contributed by atoms with Crippen molar-refractivity contribution in [3.63, 3.8) is 0 Å². The monoisotopic (exact) mass is 207 g/mol. The molecule has 0 bridgehead atoms. The van der Waals surface area contributed by atoms with Gasteiger partial charge in [-0.3, -0.25) is 0 Å². The van der Waals surface area contributed by atoms with E-state index in [9.17, 15) is 0 Å². The smallest absolute Gasteiger partial charge is 0.181 e. The van der Waals surface area contributed by atoms with Gasteiger partial charge in [-0.25, -0.2) is 9.67 Å². The van der Waals surface area contributed by atoms with Crippen LogP contribution in [0.3, 0.4) is 0 Å². The number of nitrogens with two attached hydrogens (primary N) is 1. The summed E-state index contributed by atoms with van der Waals surface area (Å²) in [5.41, 5.74) is 7.46. The first-order valence-electron chi connectivity index (χ1n) is 4.79. The van der Waals surface area contributed by atoms with Gasteiger partial charge in [0, 0.05) is 0 Å². The Morgan fingerprint density at radius 3 is 2.93 bits per heavy atom. The van der Waals surface area contributed by atoms with Gasteiger partial charge < -0.3 is 10.2 Å². The fourth-order valence-corrected chi connectivity index (χ4v) is 1.46. The lowest BCUT2D eigenvalue weighted by atomic mass is 10.3. The largest absolute Gasteiger partial charge is 0.448 e. The standard InChI is InChI=1S/C9H13N5O/c1-3-8-9(10)12-13-14(8)4-7-6(2)15-5-11-7/h5H,3-4,10H2,1-2H3. The third-order valence-electron chi connectivity index (χ3n) is 2.35. The first kappa shape index (κ1) is 9.70. The van der Waals surface area contributed by atoms with Gasteiger partial charge in [0.2, 0.25) is 0 Å². The Kier molecular flexibility index (Phi) is 2.40. The summed E-state index contributed by atoms with van der Waals surface area (Å²) in [5.74, 6) is 1.28. The van der Waals surface area contributed by atoms with E-state index in [-0.39, 0.29) is 0 Å². The Bertz CT molecular complexity index is 459. The van der Waals surface area contributed by atoms with E-state index < -0.39 is 0 Å². The number of aryl methyl sites for hydroxylation is 1. The van der Waals surface area contributed by atoms with Gasteiger partial charge >= 0.3 is 0 Å². The molecule has 6 heteroatoms. The number of hydrogen-bond acceptors (Lipinski definition) is 5. The molecule has 2 N–H and O–H groups in total. The van der Waals surface area contributed by atoms with Crippen LogP contribution >= 0.6 is 0 Å². The maximum absolute atomic E-state index is 5.68. The molecule has 0 saturated heterocycles. The Morgan fingerprint density at radius 1 is 1.53 bits per heavy atom. The molecule has 2 rings (SSSR count). The second-order valence-electron chi connectivity index (χ2n) is 3.29. The Balaban J connectivity index is 2.28. The maximum atomic E-state index is 5.68. The number of aromatic nitrogens is 4. The van der Waals surface area contributed by atoms with Gasteiger partial charge in [-0.2, -0.15) is 0 Å². The molecule has 2 heterocycles. The second kappa shape index (κ2) is 3.72. The van der Waals surface area contributed by atoms with Crippen molar-refractivity contribution in [2.45, 2.75) is 26.8 Å². The molecule has 15 heavy (non-hydrogen) atoms. The van der Waals surface area contributed by atoms with E-state index in [1.807, 2.05) is 13.8 Å². The predicted octanol–water partition coefficient (Wildman–Crippen LogP) is 0.767. The molecule has 0 amide bonds. The lowest BCUT2D eigenvalue weighted by Crippen LogP contribution is -2.07. The van der Waals surface area contributed by atoms with Crippen LogP contribution in [0.1, 0.15) is 24.1 Å². The van der Waals surface area contributed by atoms with Crippen molar-refractivity contribution in [2.75, 3.05) is 5.73 Å². The van der Waals surface area contributed by atoms with Crippen LogP contribution in [-0.2, 0) is 13.0 Å². The maximum Gasteiger partial charge on any atom is 0.181 e. The highest BCUT2D eigenvalue weighted by Gasteiger charge is 2.11. The van der Waals surface area contributed by atoms with Crippen LogP contribution in [-0.4, -0.2) is 20.0 Å². The molecule has 2 aromatic rings. The Morgan fingerprint density at radius 2 is 2.33 bits per heavy atom. The summed E-state index contributed by atoms with van der Waals surface area (Å²) in [7, 11) is 0. The number of rotatable bonds is 3. The molecule has 2 aromatic heterocycles. The van der Waals surface area contributed by atoms with Crippen molar-refractivity contribution in [3.8, 4) is 0 Å². The van der Waals surface area contributed by atoms with Crippen molar-refractivity contribution < 1.29 is 4.42 Å². The molecule has 0 spiro atoms. The average Bonchev–Trinajstić information content (AvgIpc) is 2.76. The zero-order valence-electron chi connectivity index (χ0n) is 8.77. The van der Waals surface area contributed by atoms with E-state index in [0.717, 1.165) is 23.6 Å². The topological polar surface area (TPSA) is 82.8 Å². The Hall–Kier alpha value is -1.85. The lowest BCUT2D eigenvalue weighted by molar-refractivity contribution is 0.520. The molecule has 0 aliphatic rings. The summed E-state index contributed by atoms with van der Waals surface area (Å²) >= 11 is 0. The summed E-state index contributed by atoms with van der Waals surface area (Å²) in [4.78, 5) is 4.10. The zero-order chi connectivity index (χ0) is 10.8. The van der Waals surface area contributed by atoms with Gasteiger partial charge in [-0.15, -0.1) is 5.10 Å². The van der Waals surface area contributed by atoms with Gasteiger partial charge in [0.1, 0.15) is 11.5 Å². The van der Waals surface area contributed by atoms with Crippen molar-refractivity contribution in [2.24, 2.45) is 0 Å². The first-order chi connectivity index (χ1) is 7.22. The fraction of sp³-hybridized carbons (Fsp3) is 0.444. The molecule has 0 atom stereocenters. The van der Waals surface area contributed by atoms with E-state index in [2.05, 4.69) is 15.3 Å². The zero-order valence-corrected chi connectivity index (χ0v) is 8.77. The average molecular weight is 207 g/mol. The molecule has 0 aliphatic heterocycles. The molecule has 0 unspecified atom stereocenters. The van der Waals surface area contributed by atoms with E-state index in [1.165, 1.54) is 6.39 Å². The van der Waals surface area contributed by atoms with Crippen LogP contribution in [0, 0.1) is 6.92 Å². The first-order valence-corrected chi connectivity index (χ1v) is 4.79. The molecule has 0 fully saturated rings. The minimum atomic E-state index is 0.485. The SMILES string of the molecule is CCc1c(N)nnn1Cc1ncoc1C. The molecular formula is C9H13N5O. The summed E-state index contributed by atoms with van der Waals surface area (Å²) in [5, 5.41) is 7.79. The fourth-order valence-electron chi connectivity index (χ4n) is 1.46. The summed E-state index contributed by atoms with van der Waals surface area (Å²) in [6, 6.07) is 0. The number of nitrogen functional groups attached to an aromatic ring is 1. The quantitative estimate of drug-likeness (QED) is 0.803. The molecule has 0 aliphatic carbocycles. The molecule has 0 radical (unpaired) electrons. The summed E-state index contributed by atoms with van der Waals surface area (Å²) in [6.45, 7) is 4.44. The van der Waals surface area contributed by atoms with Crippen LogP contribution < -0.4 is 5.73 Å². The highest BCUT2D eigenvalue weighted by molar-refractivity contribution is 5.33. The minimum absolute atomic E-state index is 0.485. The van der Waals surface area contributed by atoms with E-state index >= 15 is 0 Å². The molecule has 0 aromatic carbocycles. The van der Waals surface area contributed by atoms with Crippen LogP contribution in [0.25, 0.3) is 0 Å². The number of oxazole rings is 1. The van der Waals surface area contributed by atoms with Gasteiger partial charge in [0.15, 0.2) is 12.2 Å². The van der Waals surface area contributed by atoms with Crippen molar-refractivity contribution in [1.82, 2.24) is 20.0 Å². The molecule has 0 saturated carbocycles. The third kappa shape index (κ3) is 1.70. The third-order valence-corrected chi connectivity index (χ3v) is 2.35. The normalized spacial score (nSPS) is 10.8.